The van der Waals surface area contributed by atoms with Gasteiger partial charge in [-0.05, 0) is 141 Å². The predicted molar refractivity (Wildman–Crippen MR) is 368 cm³/mol. The van der Waals surface area contributed by atoms with Gasteiger partial charge in [0.05, 0.1) is 12.5 Å². The molecule has 0 aliphatic carbocycles. The molecule has 0 fully saturated rings. The number of carbonyl (C=O) groups is 16. The van der Waals surface area contributed by atoms with E-state index in [9.17, 15) is 97.1 Å². The van der Waals surface area contributed by atoms with Crippen molar-refractivity contribution < 1.29 is 102 Å². The number of nitrogens with two attached hydrogens (primary N) is 6. The molecule has 0 spiro atoms. The third-order valence-corrected chi connectivity index (χ3v) is 16.0. The van der Waals surface area contributed by atoms with Crippen LogP contribution >= 0.6 is 0 Å². The molecule has 39 nitrogen and oxygen atoms in total. The summed E-state index contributed by atoms with van der Waals surface area (Å²) < 4.78 is 0. The van der Waals surface area contributed by atoms with Gasteiger partial charge in [-0.2, -0.15) is 0 Å². The Morgan fingerprint density at radius 1 is 0.363 bits per heavy atom. The van der Waals surface area contributed by atoms with Gasteiger partial charge in [0.15, 0.2) is 5.96 Å². The lowest BCUT2D eigenvalue weighted by atomic mass is 9.96. The Balaban J connectivity index is 7.11. The van der Waals surface area contributed by atoms with Crippen molar-refractivity contribution in [1.29, 1.82) is 0 Å². The molecule has 580 valence electrons. The summed E-state index contributed by atoms with van der Waals surface area (Å²) in [6.45, 7) is 11.3. The smallest absolute Gasteiger partial charge is 0.326 e. The van der Waals surface area contributed by atoms with E-state index in [0.717, 1.165) is 0 Å². The summed E-state index contributed by atoms with van der Waals surface area (Å²) in [5, 5.41) is 75.0. The molecule has 11 amide bonds. The SMILES string of the molecule is CC[C@H](C)[C@H](NC(=O)[C@H](CC(=O)O)NC(=O)[C@H](C)NC(=O)[C@@H](N)CCC(=O)O)C(=O)N[C@@H](CCCCN)C(=O)N[C@H](C(=O)N[C@@H](CCCCN)C(=O)N[C@@H](CCC(=O)O)C(=O)N[C@@H](CC(C)C)C(=O)N[C@@H](CCC(=O)O)C(=O)N[C@@H](CCCCN)C(=O)N[C@@H](CCCN=C(N)N)C(=O)O)C(C)C. The first-order valence-corrected chi connectivity index (χ1v) is 34.2. The zero-order valence-electron chi connectivity index (χ0n) is 59.3. The van der Waals surface area contributed by atoms with Crippen LogP contribution in [0.1, 0.15) is 177 Å². The number of nitrogens with zero attached hydrogens (tertiary/aromatic N) is 1. The van der Waals surface area contributed by atoms with Crippen LogP contribution < -0.4 is 92.9 Å². The first kappa shape index (κ1) is 92.6. The van der Waals surface area contributed by atoms with Gasteiger partial charge in [-0.1, -0.05) is 48.0 Å². The van der Waals surface area contributed by atoms with Gasteiger partial charge >= 0.3 is 29.8 Å². The third kappa shape index (κ3) is 38.4. The largest absolute Gasteiger partial charge is 0.481 e. The quantitative estimate of drug-likeness (QED) is 0.0154. The van der Waals surface area contributed by atoms with Crippen molar-refractivity contribution in [3.05, 3.63) is 0 Å². The fourth-order valence-corrected chi connectivity index (χ4v) is 9.93. The zero-order valence-corrected chi connectivity index (χ0v) is 59.3. The van der Waals surface area contributed by atoms with Gasteiger partial charge in [0.25, 0.3) is 0 Å². The second-order valence-electron chi connectivity index (χ2n) is 25.6. The minimum atomic E-state index is -1.84. The predicted octanol–water partition coefficient (Wildman–Crippen LogP) is -4.99. The lowest BCUT2D eigenvalue weighted by Gasteiger charge is -2.30. The van der Waals surface area contributed by atoms with E-state index in [0.29, 0.717) is 19.3 Å². The van der Waals surface area contributed by atoms with Gasteiger partial charge in [-0.15, -0.1) is 0 Å². The van der Waals surface area contributed by atoms with Crippen molar-refractivity contribution in [2.75, 3.05) is 26.2 Å². The van der Waals surface area contributed by atoms with Crippen LogP contribution in [0.5, 0.6) is 0 Å². The van der Waals surface area contributed by atoms with E-state index in [4.69, 9.17) is 39.5 Å². The molecule has 0 heterocycles. The minimum absolute atomic E-state index is 0.0340. The first-order valence-electron chi connectivity index (χ1n) is 34.2. The molecule has 0 saturated carbocycles. The molecule has 0 saturated heterocycles. The Morgan fingerprint density at radius 3 is 1.09 bits per heavy atom. The molecule has 0 unspecified atom stereocenters. The molecule has 0 aromatic carbocycles. The number of carbonyl (C=O) groups excluding carboxylic acids is 11. The summed E-state index contributed by atoms with van der Waals surface area (Å²) >= 11 is 0. The van der Waals surface area contributed by atoms with Crippen LogP contribution in [0.15, 0.2) is 4.99 Å². The number of aliphatic carboxylic acids is 5. The van der Waals surface area contributed by atoms with Crippen molar-refractivity contribution >= 4 is 101 Å². The van der Waals surface area contributed by atoms with Gasteiger partial charge in [0.2, 0.25) is 65.0 Å². The average molecular weight is 1460 g/mol. The minimum Gasteiger partial charge on any atom is -0.481 e. The Kier molecular flexibility index (Phi) is 45.5. The Labute approximate surface area is 592 Å². The van der Waals surface area contributed by atoms with E-state index in [1.54, 1.807) is 41.5 Å². The number of hydrogen-bond acceptors (Lipinski definition) is 21. The van der Waals surface area contributed by atoms with Crippen LogP contribution in [-0.4, -0.2) is 225 Å². The van der Waals surface area contributed by atoms with Gasteiger partial charge in [0.1, 0.15) is 66.5 Å². The van der Waals surface area contributed by atoms with Crippen molar-refractivity contribution in [3.8, 4) is 0 Å². The molecule has 0 aromatic heterocycles. The molecular formula is C63H112N18O21. The molecule has 0 aliphatic rings. The van der Waals surface area contributed by atoms with Gasteiger partial charge in [0, 0.05) is 25.8 Å². The summed E-state index contributed by atoms with van der Waals surface area (Å²) in [5.41, 5.74) is 33.7. The maximum absolute atomic E-state index is 14.5. The maximum Gasteiger partial charge on any atom is 0.326 e. The standard InChI is InChI=1S/C63H112N18O21/c1-8-34(6)50(81-59(98)44(31-48(88)89)78-51(90)35(7)71-52(91)36(67)20-23-45(82)83)61(100)76-39(18-11-14-28-66)57(96)80-49(33(4)5)60(99)75-38(17-10-13-27-65)53(92)73-41(22-25-47(86)87)56(95)79-43(30-32(2)3)58(97)74-40(21-24-46(84)85)55(94)72-37(16-9-12-26-64)54(93)77-42(62(101)102)19-15-29-70-63(68)69/h32-44,49-50H,8-31,64-67H2,1-7H3,(H,71,91)(H,72,94)(H,73,92)(H,74,97)(H,75,99)(H,76,100)(H,77,93)(H,78,90)(H,79,95)(H,80,96)(H,81,98)(H,82,83)(H,84,85)(H,86,87)(H,88,89)(H,101,102)(H4,68,69,70)/t34-,35-,36-,37-,38-,39-,40-,41-,42-,43-,44-,49-,50-/m0/s1. The molecule has 102 heavy (non-hydrogen) atoms. The normalized spacial score (nSPS) is 15.0. The monoisotopic (exact) mass is 1460 g/mol. The van der Waals surface area contributed by atoms with E-state index >= 15 is 0 Å². The summed E-state index contributed by atoms with van der Waals surface area (Å²) in [6, 6.07) is -18.5. The number of carboxylic acid groups (broad SMARTS) is 5. The number of hydrogen-bond donors (Lipinski definition) is 22. The fourth-order valence-electron chi connectivity index (χ4n) is 9.93. The number of rotatable bonds is 55. The van der Waals surface area contributed by atoms with E-state index < -0.39 is 224 Å². The highest BCUT2D eigenvalue weighted by molar-refractivity contribution is 6.00. The number of nitrogens with one attached hydrogen (secondary N) is 11. The molecule has 13 atom stereocenters. The number of guanidine groups is 1. The van der Waals surface area contributed by atoms with E-state index in [-0.39, 0.29) is 103 Å². The highest BCUT2D eigenvalue weighted by Crippen LogP contribution is 2.16. The molecule has 0 bridgehead atoms. The van der Waals surface area contributed by atoms with Crippen LogP contribution in [-0.2, 0) is 76.7 Å². The summed E-state index contributed by atoms with van der Waals surface area (Å²) in [7, 11) is 0. The van der Waals surface area contributed by atoms with Crippen LogP contribution in [0.25, 0.3) is 0 Å². The lowest BCUT2D eigenvalue weighted by Crippen LogP contribution is -2.62. The van der Waals surface area contributed by atoms with Gasteiger partial charge in [-0.25, -0.2) is 4.79 Å². The van der Waals surface area contributed by atoms with E-state index in [2.05, 4.69) is 63.5 Å². The molecule has 28 N–H and O–H groups in total. The summed E-state index contributed by atoms with van der Waals surface area (Å²) in [4.78, 5) is 216. The van der Waals surface area contributed by atoms with Crippen LogP contribution in [0.3, 0.4) is 0 Å². The van der Waals surface area contributed by atoms with Crippen molar-refractivity contribution in [2.45, 2.75) is 249 Å². The van der Waals surface area contributed by atoms with Crippen molar-refractivity contribution in [3.63, 3.8) is 0 Å². The molecule has 0 rings (SSSR count). The summed E-state index contributed by atoms with van der Waals surface area (Å²) in [6.07, 6.45) is -2.91. The van der Waals surface area contributed by atoms with Gasteiger partial charge < -0.3 is 118 Å². The maximum atomic E-state index is 14.5. The van der Waals surface area contributed by atoms with E-state index in [1.165, 1.54) is 6.92 Å². The number of aliphatic imine (C=N–C) groups is 1. The highest BCUT2D eigenvalue weighted by atomic mass is 16.4. The second-order valence-corrected chi connectivity index (χ2v) is 25.6. The Bertz CT molecular complexity index is 2830. The van der Waals surface area contributed by atoms with Crippen LogP contribution in [0, 0.1) is 17.8 Å². The third-order valence-electron chi connectivity index (χ3n) is 16.0. The zero-order chi connectivity index (χ0) is 77.9. The van der Waals surface area contributed by atoms with Crippen LogP contribution in [0.4, 0.5) is 0 Å². The van der Waals surface area contributed by atoms with Crippen molar-refractivity contribution in [2.24, 2.45) is 57.1 Å². The Morgan fingerprint density at radius 2 is 0.706 bits per heavy atom. The van der Waals surface area contributed by atoms with Crippen molar-refractivity contribution in [1.82, 2.24) is 58.5 Å². The highest BCUT2D eigenvalue weighted by Gasteiger charge is 2.39. The first-order chi connectivity index (χ1) is 47.8. The molecule has 0 radical (unpaired) electrons. The van der Waals surface area contributed by atoms with Crippen LogP contribution in [0.2, 0.25) is 0 Å². The molecular weight excluding hydrogens is 1340 g/mol. The number of unbranched alkanes of at least 4 members (excludes halogenated alkanes) is 3. The molecule has 0 aromatic rings. The van der Waals surface area contributed by atoms with Gasteiger partial charge in [-0.3, -0.25) is 76.9 Å². The molecule has 39 heteroatoms. The number of carboxylic acids is 5. The van der Waals surface area contributed by atoms with E-state index in [1.807, 2.05) is 0 Å². The number of amides is 11. The lowest BCUT2D eigenvalue weighted by molar-refractivity contribution is -0.142. The topological polar surface area (TPSA) is 675 Å². The average Bonchev–Trinajstić information content (AvgIpc) is 0.854. The second kappa shape index (κ2) is 50.0. The summed E-state index contributed by atoms with van der Waals surface area (Å²) in [5.74, 6) is -20.3. The Hall–Kier alpha value is -9.37. The molecule has 0 aliphatic heterocycles. The fraction of sp³-hybridized carbons (Fsp3) is 0.730.